The Morgan fingerprint density at radius 1 is 1.07 bits per heavy atom. The molecule has 0 saturated carbocycles. The number of fused-ring (bicyclic) bond motifs is 1. The van der Waals surface area contributed by atoms with E-state index >= 15 is 0 Å². The van der Waals surface area contributed by atoms with Gasteiger partial charge in [-0.2, -0.15) is 0 Å². The summed E-state index contributed by atoms with van der Waals surface area (Å²) in [6, 6.07) is 13.8. The largest absolute Gasteiger partial charge is 0.354 e. The van der Waals surface area contributed by atoms with E-state index in [0.29, 0.717) is 32.5 Å². The zero-order valence-electron chi connectivity index (χ0n) is 16.9. The monoisotopic (exact) mass is 381 g/mol. The molecule has 5 heteroatoms. The molecule has 3 rings (SSSR count). The molecule has 150 valence electrons. The van der Waals surface area contributed by atoms with Crippen molar-refractivity contribution in [1.82, 2.24) is 10.2 Å². The molecule has 2 aromatic carbocycles. The average molecular weight is 382 g/mol. The van der Waals surface area contributed by atoms with Crippen LogP contribution in [0.15, 0.2) is 42.5 Å². The number of benzene rings is 2. The quantitative estimate of drug-likeness (QED) is 0.806. The number of hydrogen-bond donors (Lipinski definition) is 2. The van der Waals surface area contributed by atoms with Gasteiger partial charge in [-0.3, -0.25) is 9.59 Å². The van der Waals surface area contributed by atoms with E-state index in [2.05, 4.69) is 5.32 Å². The van der Waals surface area contributed by atoms with E-state index in [1.165, 1.54) is 0 Å². The first kappa shape index (κ1) is 20.3. The average Bonchev–Trinajstić information content (AvgIpc) is 2.76. The third kappa shape index (κ3) is 4.36. The second-order valence-electron chi connectivity index (χ2n) is 7.88. The smallest absolute Gasteiger partial charge is 0.254 e. The second kappa shape index (κ2) is 8.74. The summed E-state index contributed by atoms with van der Waals surface area (Å²) in [5, 5.41) is 5.08. The molecule has 3 N–H and O–H groups in total. The minimum atomic E-state index is -0.333. The number of nitrogens with two attached hydrogens (primary N) is 1. The van der Waals surface area contributed by atoms with E-state index in [4.69, 9.17) is 5.73 Å². The molecule has 0 aliphatic carbocycles. The fourth-order valence-corrected chi connectivity index (χ4v) is 3.83. The van der Waals surface area contributed by atoms with E-state index < -0.39 is 0 Å². The number of carbonyl (C=O) groups excluding carboxylic acids is 2. The van der Waals surface area contributed by atoms with Crippen LogP contribution < -0.4 is 11.1 Å². The van der Waals surface area contributed by atoms with Gasteiger partial charge in [-0.05, 0) is 42.5 Å². The minimum Gasteiger partial charge on any atom is -0.354 e. The third-order valence-electron chi connectivity index (χ3n) is 6.20. The first-order chi connectivity index (χ1) is 13.5. The van der Waals surface area contributed by atoms with E-state index in [9.17, 15) is 9.59 Å². The second-order valence-corrected chi connectivity index (χ2v) is 7.88. The van der Waals surface area contributed by atoms with Gasteiger partial charge in [-0.1, -0.05) is 50.2 Å². The summed E-state index contributed by atoms with van der Waals surface area (Å²) >= 11 is 0. The van der Waals surface area contributed by atoms with Crippen LogP contribution in [-0.2, 0) is 4.79 Å². The van der Waals surface area contributed by atoms with E-state index in [1.54, 1.807) is 0 Å². The van der Waals surface area contributed by atoms with Gasteiger partial charge in [0.15, 0.2) is 0 Å². The maximum Gasteiger partial charge on any atom is 0.254 e. The van der Waals surface area contributed by atoms with Crippen LogP contribution in [0, 0.1) is 5.92 Å². The van der Waals surface area contributed by atoms with Crippen LogP contribution in [0.3, 0.4) is 0 Å². The molecule has 1 heterocycles. The molecule has 0 unspecified atom stereocenters. The predicted molar refractivity (Wildman–Crippen MR) is 113 cm³/mol. The van der Waals surface area contributed by atoms with Crippen molar-refractivity contribution >= 4 is 22.6 Å². The first-order valence-electron chi connectivity index (χ1n) is 10.3. The molecule has 0 radical (unpaired) electrons. The van der Waals surface area contributed by atoms with Crippen LogP contribution in [-0.4, -0.2) is 41.9 Å². The van der Waals surface area contributed by atoms with Gasteiger partial charge in [0.25, 0.3) is 5.91 Å². The summed E-state index contributed by atoms with van der Waals surface area (Å²) in [5.74, 6) is 0.0668. The van der Waals surface area contributed by atoms with Crippen molar-refractivity contribution < 1.29 is 9.59 Å². The zero-order valence-corrected chi connectivity index (χ0v) is 16.9. The zero-order chi connectivity index (χ0) is 20.1. The van der Waals surface area contributed by atoms with Crippen molar-refractivity contribution in [2.24, 2.45) is 11.7 Å². The molecule has 0 aromatic heterocycles. The van der Waals surface area contributed by atoms with Gasteiger partial charge in [0, 0.05) is 36.7 Å². The Balaban J connectivity index is 1.59. The van der Waals surface area contributed by atoms with Crippen LogP contribution >= 0.6 is 0 Å². The Labute approximate surface area is 167 Å². The van der Waals surface area contributed by atoms with Crippen LogP contribution in [0.1, 0.15) is 49.9 Å². The number of hydrogen-bond acceptors (Lipinski definition) is 3. The lowest BCUT2D eigenvalue weighted by molar-refractivity contribution is -0.126. The number of piperidine rings is 1. The van der Waals surface area contributed by atoms with Crippen molar-refractivity contribution in [2.75, 3.05) is 19.6 Å². The van der Waals surface area contributed by atoms with Crippen molar-refractivity contribution in [3.05, 3.63) is 48.0 Å². The molecule has 2 amide bonds. The molecule has 0 bridgehead atoms. The fourth-order valence-electron chi connectivity index (χ4n) is 3.83. The summed E-state index contributed by atoms with van der Waals surface area (Å²) in [5.41, 5.74) is 6.68. The van der Waals surface area contributed by atoms with Crippen molar-refractivity contribution in [3.8, 4) is 0 Å². The first-order valence-corrected chi connectivity index (χ1v) is 10.3. The summed E-state index contributed by atoms with van der Waals surface area (Å²) in [6.45, 7) is 5.82. The molecule has 5 nitrogen and oxygen atoms in total. The van der Waals surface area contributed by atoms with Crippen LogP contribution in [0.25, 0.3) is 10.8 Å². The fraction of sp³-hybridized carbons (Fsp3) is 0.478. The maximum atomic E-state index is 13.0. The van der Waals surface area contributed by atoms with E-state index in [1.807, 2.05) is 61.2 Å². The standard InChI is InChI=1S/C23H31N3O2/c1-3-23(24,4-2)16-25-21(27)18-12-14-26(15-13-18)22(28)20-11-7-9-17-8-5-6-10-19(17)20/h5-11,18H,3-4,12-16,24H2,1-2H3,(H,25,27). The van der Waals surface area contributed by atoms with E-state index in [0.717, 1.165) is 29.2 Å². The highest BCUT2D eigenvalue weighted by Gasteiger charge is 2.29. The normalized spacial score (nSPS) is 15.6. The Kier molecular flexibility index (Phi) is 6.35. The highest BCUT2D eigenvalue weighted by molar-refractivity contribution is 6.07. The molecule has 0 spiro atoms. The molecule has 1 saturated heterocycles. The molecular weight excluding hydrogens is 350 g/mol. The van der Waals surface area contributed by atoms with Gasteiger partial charge >= 0.3 is 0 Å². The number of nitrogens with one attached hydrogen (secondary N) is 1. The van der Waals surface area contributed by atoms with Crippen molar-refractivity contribution in [2.45, 2.75) is 45.1 Å². The van der Waals surface area contributed by atoms with Crippen molar-refractivity contribution in [3.63, 3.8) is 0 Å². The van der Waals surface area contributed by atoms with Gasteiger partial charge in [0.05, 0.1) is 0 Å². The lowest BCUT2D eigenvalue weighted by Crippen LogP contribution is -2.51. The van der Waals surface area contributed by atoms with Gasteiger partial charge in [0.1, 0.15) is 0 Å². The minimum absolute atomic E-state index is 0.0467. The number of likely N-dealkylation sites (tertiary alicyclic amines) is 1. The van der Waals surface area contributed by atoms with Gasteiger partial charge in [-0.15, -0.1) is 0 Å². The molecular formula is C23H31N3O2. The highest BCUT2D eigenvalue weighted by atomic mass is 16.2. The molecule has 2 aromatic rings. The molecule has 1 fully saturated rings. The predicted octanol–water partition coefficient (Wildman–Crippen LogP) is 3.33. The van der Waals surface area contributed by atoms with Gasteiger partial charge < -0.3 is 16.0 Å². The van der Waals surface area contributed by atoms with E-state index in [-0.39, 0.29) is 23.3 Å². The number of nitrogens with zero attached hydrogens (tertiary/aromatic N) is 1. The SMILES string of the molecule is CCC(N)(CC)CNC(=O)C1CCN(C(=O)c2cccc3ccccc23)CC1. The van der Waals surface area contributed by atoms with Crippen molar-refractivity contribution in [1.29, 1.82) is 0 Å². The highest BCUT2D eigenvalue weighted by Crippen LogP contribution is 2.24. The Morgan fingerprint density at radius 3 is 2.39 bits per heavy atom. The van der Waals surface area contributed by atoms with Crippen LogP contribution in [0.2, 0.25) is 0 Å². The number of carbonyl (C=O) groups is 2. The lowest BCUT2D eigenvalue weighted by Gasteiger charge is -2.33. The van der Waals surface area contributed by atoms with Gasteiger partial charge in [0.2, 0.25) is 5.91 Å². The number of amides is 2. The lowest BCUT2D eigenvalue weighted by atomic mass is 9.92. The third-order valence-corrected chi connectivity index (χ3v) is 6.20. The maximum absolute atomic E-state index is 13.0. The van der Waals surface area contributed by atoms with Crippen LogP contribution in [0.5, 0.6) is 0 Å². The summed E-state index contributed by atoms with van der Waals surface area (Å²) in [6.07, 6.45) is 3.06. The van der Waals surface area contributed by atoms with Gasteiger partial charge in [-0.25, -0.2) is 0 Å². The molecule has 28 heavy (non-hydrogen) atoms. The molecule has 1 aliphatic heterocycles. The summed E-state index contributed by atoms with van der Waals surface area (Å²) in [4.78, 5) is 27.4. The number of rotatable bonds is 6. The Hall–Kier alpha value is -2.40. The Bertz CT molecular complexity index is 831. The van der Waals surface area contributed by atoms with Crippen LogP contribution in [0.4, 0.5) is 0 Å². The Morgan fingerprint density at radius 2 is 1.71 bits per heavy atom. The summed E-state index contributed by atoms with van der Waals surface area (Å²) < 4.78 is 0. The topological polar surface area (TPSA) is 75.4 Å². The summed E-state index contributed by atoms with van der Waals surface area (Å²) in [7, 11) is 0. The molecule has 0 atom stereocenters. The molecule has 1 aliphatic rings.